The van der Waals surface area contributed by atoms with Crippen LogP contribution in [0.3, 0.4) is 0 Å². The summed E-state index contributed by atoms with van der Waals surface area (Å²) < 4.78 is 9.69. The highest BCUT2D eigenvalue weighted by atomic mass is 16.5. The normalized spacial score (nSPS) is 10.8. The first-order valence-electron chi connectivity index (χ1n) is 7.22. The second-order valence-electron chi connectivity index (χ2n) is 4.63. The van der Waals surface area contributed by atoms with Crippen molar-refractivity contribution in [1.82, 2.24) is 0 Å². The number of carbonyl (C=O) groups excluding carboxylic acids is 2. The molecule has 0 aliphatic rings. The zero-order chi connectivity index (χ0) is 17.9. The van der Waals surface area contributed by atoms with Gasteiger partial charge in [-0.3, -0.25) is 4.79 Å². The summed E-state index contributed by atoms with van der Waals surface area (Å²) in [5.41, 5.74) is 6.98. The molecule has 2 N–H and O–H groups in total. The van der Waals surface area contributed by atoms with E-state index in [0.717, 1.165) is 5.56 Å². The number of benzene rings is 1. The van der Waals surface area contributed by atoms with E-state index in [4.69, 9.17) is 25.7 Å². The fourth-order valence-corrected chi connectivity index (χ4v) is 1.86. The number of nitrogens with zero attached hydrogens (tertiary/aromatic N) is 2. The minimum absolute atomic E-state index is 0.0271. The SMILES string of the molecule is CCOC(=O)/C(C#N)=C(\N)c1cccc(CCOC(=O)CC#N)c1. The summed E-state index contributed by atoms with van der Waals surface area (Å²) in [7, 11) is 0. The van der Waals surface area contributed by atoms with Gasteiger partial charge in [0.2, 0.25) is 0 Å². The molecule has 0 bridgehead atoms. The molecule has 0 saturated carbocycles. The van der Waals surface area contributed by atoms with E-state index in [2.05, 4.69) is 0 Å². The van der Waals surface area contributed by atoms with Crippen LogP contribution in [0.25, 0.3) is 5.70 Å². The average Bonchev–Trinajstić information content (AvgIpc) is 2.56. The lowest BCUT2D eigenvalue weighted by Crippen LogP contribution is -2.12. The summed E-state index contributed by atoms with van der Waals surface area (Å²) in [6.45, 7) is 1.90. The number of carbonyl (C=O) groups is 2. The average molecular weight is 327 g/mol. The number of ether oxygens (including phenoxy) is 2. The molecule has 0 atom stereocenters. The third-order valence-electron chi connectivity index (χ3n) is 2.98. The van der Waals surface area contributed by atoms with Crippen LogP contribution in [0.15, 0.2) is 29.8 Å². The molecule has 0 radical (unpaired) electrons. The van der Waals surface area contributed by atoms with E-state index in [-0.39, 0.29) is 30.9 Å². The Morgan fingerprint density at radius 1 is 1.25 bits per heavy atom. The number of nitrogens with two attached hydrogens (primary N) is 1. The van der Waals surface area contributed by atoms with E-state index in [1.54, 1.807) is 43.3 Å². The van der Waals surface area contributed by atoms with Crippen molar-refractivity contribution < 1.29 is 19.1 Å². The van der Waals surface area contributed by atoms with Crippen molar-refractivity contribution in [3.05, 3.63) is 41.0 Å². The molecule has 1 rings (SSSR count). The highest BCUT2D eigenvalue weighted by molar-refractivity contribution is 6.01. The van der Waals surface area contributed by atoms with E-state index in [9.17, 15) is 9.59 Å². The maximum Gasteiger partial charge on any atom is 0.351 e. The molecular weight excluding hydrogens is 310 g/mol. The number of nitriles is 2. The molecule has 0 amide bonds. The molecule has 0 aliphatic carbocycles. The molecule has 0 spiro atoms. The Hall–Kier alpha value is -3.32. The van der Waals surface area contributed by atoms with E-state index < -0.39 is 11.9 Å². The predicted octanol–water partition coefficient (Wildman–Crippen LogP) is 1.44. The van der Waals surface area contributed by atoms with Gasteiger partial charge in [0.25, 0.3) is 0 Å². The van der Waals surface area contributed by atoms with Gasteiger partial charge in [-0.2, -0.15) is 10.5 Å². The van der Waals surface area contributed by atoms with Crippen LogP contribution < -0.4 is 5.73 Å². The smallest absolute Gasteiger partial charge is 0.351 e. The molecule has 7 nitrogen and oxygen atoms in total. The molecule has 24 heavy (non-hydrogen) atoms. The van der Waals surface area contributed by atoms with E-state index in [0.29, 0.717) is 12.0 Å². The van der Waals surface area contributed by atoms with Crippen molar-refractivity contribution >= 4 is 17.6 Å². The van der Waals surface area contributed by atoms with Crippen molar-refractivity contribution in [2.45, 2.75) is 19.8 Å². The van der Waals surface area contributed by atoms with Gasteiger partial charge in [-0.15, -0.1) is 0 Å². The Labute approximate surface area is 139 Å². The Kier molecular flexibility index (Phi) is 7.53. The highest BCUT2D eigenvalue weighted by Crippen LogP contribution is 2.16. The van der Waals surface area contributed by atoms with Crippen LogP contribution in [0, 0.1) is 22.7 Å². The van der Waals surface area contributed by atoms with E-state index >= 15 is 0 Å². The quantitative estimate of drug-likeness (QED) is 0.456. The van der Waals surface area contributed by atoms with Gasteiger partial charge < -0.3 is 15.2 Å². The van der Waals surface area contributed by atoms with Crippen LogP contribution in [-0.2, 0) is 25.5 Å². The Morgan fingerprint density at radius 2 is 2.00 bits per heavy atom. The first-order valence-corrected chi connectivity index (χ1v) is 7.22. The van der Waals surface area contributed by atoms with Gasteiger partial charge in [-0.05, 0) is 24.1 Å². The molecule has 0 aliphatic heterocycles. The summed E-state index contributed by atoms with van der Waals surface area (Å²) >= 11 is 0. The third-order valence-corrected chi connectivity index (χ3v) is 2.98. The van der Waals surface area contributed by atoms with Crippen LogP contribution in [0.2, 0.25) is 0 Å². The molecular formula is C17H17N3O4. The maximum atomic E-state index is 11.7. The van der Waals surface area contributed by atoms with Gasteiger partial charge in [0.05, 0.1) is 25.0 Å². The summed E-state index contributed by atoms with van der Waals surface area (Å²) in [5, 5.41) is 17.5. The minimum atomic E-state index is -0.770. The predicted molar refractivity (Wildman–Crippen MR) is 84.7 cm³/mol. The maximum absolute atomic E-state index is 11.7. The molecule has 0 saturated heterocycles. The molecule has 0 fully saturated rings. The lowest BCUT2D eigenvalue weighted by atomic mass is 10.0. The number of hydrogen-bond donors (Lipinski definition) is 1. The first kappa shape index (κ1) is 18.7. The number of esters is 2. The van der Waals surface area contributed by atoms with E-state index in [1.165, 1.54) is 0 Å². The van der Waals surface area contributed by atoms with Gasteiger partial charge in [-0.25, -0.2) is 4.79 Å². The van der Waals surface area contributed by atoms with Crippen molar-refractivity contribution in [3.8, 4) is 12.1 Å². The molecule has 1 aromatic carbocycles. The van der Waals surface area contributed by atoms with E-state index in [1.807, 2.05) is 0 Å². The zero-order valence-corrected chi connectivity index (χ0v) is 13.2. The second-order valence-corrected chi connectivity index (χ2v) is 4.63. The topological polar surface area (TPSA) is 126 Å². The van der Waals surface area contributed by atoms with Gasteiger partial charge in [-0.1, -0.05) is 18.2 Å². The summed E-state index contributed by atoms with van der Waals surface area (Å²) in [6.07, 6.45) is 0.125. The Balaban J connectivity index is 2.87. The third kappa shape index (κ3) is 5.47. The summed E-state index contributed by atoms with van der Waals surface area (Å²) in [5.74, 6) is -1.35. The van der Waals surface area contributed by atoms with Crippen molar-refractivity contribution in [3.63, 3.8) is 0 Å². The van der Waals surface area contributed by atoms with Crippen molar-refractivity contribution in [2.75, 3.05) is 13.2 Å². The van der Waals surface area contributed by atoms with Crippen LogP contribution in [0.4, 0.5) is 0 Å². The minimum Gasteiger partial charge on any atom is -0.465 e. The fourth-order valence-electron chi connectivity index (χ4n) is 1.86. The molecule has 0 unspecified atom stereocenters. The molecule has 0 aromatic heterocycles. The molecule has 1 aromatic rings. The van der Waals surface area contributed by atoms with Gasteiger partial charge in [0.1, 0.15) is 12.5 Å². The highest BCUT2D eigenvalue weighted by Gasteiger charge is 2.16. The Morgan fingerprint density at radius 3 is 2.62 bits per heavy atom. The van der Waals surface area contributed by atoms with Crippen molar-refractivity contribution in [1.29, 1.82) is 10.5 Å². The van der Waals surface area contributed by atoms with Crippen LogP contribution in [-0.4, -0.2) is 25.2 Å². The van der Waals surface area contributed by atoms with Gasteiger partial charge in [0.15, 0.2) is 5.57 Å². The summed E-state index contributed by atoms with van der Waals surface area (Å²) in [6, 6.07) is 10.3. The summed E-state index contributed by atoms with van der Waals surface area (Å²) in [4.78, 5) is 22.8. The second kappa shape index (κ2) is 9.65. The molecule has 7 heteroatoms. The standard InChI is InChI=1S/C17H17N3O4/c1-2-23-17(22)14(11-19)16(20)13-5-3-4-12(10-13)7-9-24-15(21)6-8-18/h3-5,10H,2,6-7,9,20H2,1H3/b16-14-. The van der Waals surface area contributed by atoms with Gasteiger partial charge in [0, 0.05) is 6.42 Å². The van der Waals surface area contributed by atoms with Gasteiger partial charge >= 0.3 is 11.9 Å². The first-order chi connectivity index (χ1) is 11.5. The number of hydrogen-bond acceptors (Lipinski definition) is 7. The van der Waals surface area contributed by atoms with Crippen LogP contribution >= 0.6 is 0 Å². The fraction of sp³-hybridized carbons (Fsp3) is 0.294. The lowest BCUT2D eigenvalue weighted by molar-refractivity contribution is -0.142. The monoisotopic (exact) mass is 327 g/mol. The van der Waals surface area contributed by atoms with Crippen LogP contribution in [0.5, 0.6) is 0 Å². The largest absolute Gasteiger partial charge is 0.465 e. The van der Waals surface area contributed by atoms with Crippen LogP contribution in [0.1, 0.15) is 24.5 Å². The van der Waals surface area contributed by atoms with Crippen molar-refractivity contribution in [2.24, 2.45) is 5.73 Å². The zero-order valence-electron chi connectivity index (χ0n) is 13.2. The number of rotatable bonds is 7. The molecule has 124 valence electrons. The Bertz CT molecular complexity index is 726. The molecule has 0 heterocycles. The lowest BCUT2D eigenvalue weighted by Gasteiger charge is -2.08.